The van der Waals surface area contributed by atoms with Crippen molar-refractivity contribution in [3.05, 3.63) is 60.2 Å². The van der Waals surface area contributed by atoms with Gasteiger partial charge in [0.2, 0.25) is 5.90 Å². The monoisotopic (exact) mass is 487 g/mol. The molecule has 1 saturated carbocycles. The summed E-state index contributed by atoms with van der Waals surface area (Å²) in [5, 5.41) is 8.87. The number of ether oxygens (including phenoxy) is 2. The smallest absolute Gasteiger partial charge is 0.265 e. The summed E-state index contributed by atoms with van der Waals surface area (Å²) in [6.07, 6.45) is 2.48. The third-order valence-electron chi connectivity index (χ3n) is 5.71. The number of carbonyl (C=O) groups excluding carboxylic acids is 1. The minimum absolute atomic E-state index is 0.0196. The van der Waals surface area contributed by atoms with Crippen LogP contribution >= 0.6 is 0 Å². The zero-order valence-corrected chi connectivity index (χ0v) is 19.6. The lowest BCUT2D eigenvalue weighted by Gasteiger charge is -2.23. The summed E-state index contributed by atoms with van der Waals surface area (Å²) in [5.41, 5.74) is 4.96. The molecule has 34 heavy (non-hydrogen) atoms. The molecular formula is C24H29N3O6S. The number of hydrogen-bond acceptors (Lipinski definition) is 8. The van der Waals surface area contributed by atoms with Crippen LogP contribution in [0.1, 0.15) is 31.2 Å². The van der Waals surface area contributed by atoms with Gasteiger partial charge in [-0.2, -0.15) is 0 Å². The van der Waals surface area contributed by atoms with E-state index in [1.165, 1.54) is 0 Å². The summed E-state index contributed by atoms with van der Waals surface area (Å²) in [4.78, 5) is 17.9. The molecule has 1 fully saturated rings. The molecule has 2 aliphatic rings. The molecule has 1 heterocycles. The number of benzene rings is 2. The van der Waals surface area contributed by atoms with E-state index in [9.17, 15) is 13.2 Å². The molecule has 1 aliphatic heterocycles. The van der Waals surface area contributed by atoms with E-state index < -0.39 is 21.3 Å². The third-order valence-corrected chi connectivity index (χ3v) is 7.44. The topological polar surface area (TPSA) is 126 Å². The van der Waals surface area contributed by atoms with Crippen molar-refractivity contribution in [1.29, 1.82) is 0 Å². The average Bonchev–Trinajstić information content (AvgIpc) is 3.59. The summed E-state index contributed by atoms with van der Waals surface area (Å²) >= 11 is 0. The predicted octanol–water partition coefficient (Wildman–Crippen LogP) is 1.61. The fourth-order valence-corrected chi connectivity index (χ4v) is 4.88. The van der Waals surface area contributed by atoms with Gasteiger partial charge in [-0.15, -0.1) is 0 Å². The number of aliphatic imine (C=N–C) groups is 1. The molecule has 1 atom stereocenters. The number of hydrogen-bond donors (Lipinski definition) is 3. The molecule has 10 heteroatoms. The minimum Gasteiger partial charge on any atom is -0.494 e. The summed E-state index contributed by atoms with van der Waals surface area (Å²) in [6, 6.07) is 15.5. The van der Waals surface area contributed by atoms with Gasteiger partial charge in [0.15, 0.2) is 15.4 Å². The Hall–Kier alpha value is -2.95. The van der Waals surface area contributed by atoms with Crippen molar-refractivity contribution in [3.8, 4) is 5.75 Å². The first-order valence-electron chi connectivity index (χ1n) is 11.3. The Kier molecular flexibility index (Phi) is 7.50. The van der Waals surface area contributed by atoms with E-state index in [0.717, 1.165) is 12.8 Å². The van der Waals surface area contributed by atoms with Crippen LogP contribution in [-0.4, -0.2) is 62.5 Å². The van der Waals surface area contributed by atoms with Crippen molar-refractivity contribution < 1.29 is 27.8 Å². The molecule has 0 unspecified atom stereocenters. The van der Waals surface area contributed by atoms with Crippen molar-refractivity contribution >= 4 is 21.6 Å². The Morgan fingerprint density at radius 3 is 2.56 bits per heavy atom. The number of rotatable bonds is 12. The van der Waals surface area contributed by atoms with Gasteiger partial charge in [0, 0.05) is 24.6 Å². The first-order chi connectivity index (χ1) is 16.4. The number of aliphatic hydroxyl groups excluding tert-OH is 1. The molecule has 3 N–H and O–H groups in total. The highest BCUT2D eigenvalue weighted by Crippen LogP contribution is 2.29. The lowest BCUT2D eigenvalue weighted by atomic mass is 9.98. The fourth-order valence-electron chi connectivity index (χ4n) is 3.46. The molecule has 2 aromatic rings. The van der Waals surface area contributed by atoms with Crippen molar-refractivity contribution in [1.82, 2.24) is 10.9 Å². The van der Waals surface area contributed by atoms with Crippen LogP contribution in [-0.2, 0) is 19.4 Å². The zero-order valence-electron chi connectivity index (χ0n) is 18.8. The van der Waals surface area contributed by atoms with Gasteiger partial charge in [0.1, 0.15) is 12.4 Å². The highest BCUT2D eigenvalue weighted by atomic mass is 32.2. The standard InChI is InChI=1S/C24H29N3O6S/c28-14-4-15-32-20-11-7-18(8-12-20)22-25-24(17-33-22,23(29)27-26-19-9-10-19)13-16-34(30,31)21-5-2-1-3-6-21/h1-3,5-8,11-12,19,26,28H,4,9-10,13-17H2,(H,27,29)/t24-/m0/s1. The van der Waals surface area contributed by atoms with Crippen LogP contribution < -0.4 is 15.6 Å². The Bertz CT molecular complexity index is 1120. The Labute approximate surface area is 199 Å². The third kappa shape index (κ3) is 5.94. The molecule has 0 spiro atoms. The largest absolute Gasteiger partial charge is 0.494 e. The van der Waals surface area contributed by atoms with E-state index in [-0.39, 0.29) is 42.2 Å². The molecule has 0 saturated heterocycles. The first-order valence-corrected chi connectivity index (χ1v) is 13.0. The molecule has 1 aliphatic carbocycles. The Morgan fingerprint density at radius 1 is 1.15 bits per heavy atom. The summed E-state index contributed by atoms with van der Waals surface area (Å²) in [5.74, 6) is 0.260. The number of hydrazine groups is 1. The highest BCUT2D eigenvalue weighted by Gasteiger charge is 2.45. The molecule has 0 radical (unpaired) electrons. The van der Waals surface area contributed by atoms with Gasteiger partial charge in [-0.05, 0) is 55.7 Å². The molecule has 9 nitrogen and oxygen atoms in total. The normalized spacial score (nSPS) is 19.9. The van der Waals surface area contributed by atoms with Crippen molar-refractivity contribution in [2.45, 2.75) is 42.2 Å². The molecule has 2 aromatic carbocycles. The second-order valence-electron chi connectivity index (χ2n) is 8.44. The number of sulfone groups is 1. The van der Waals surface area contributed by atoms with Crippen molar-refractivity contribution in [2.24, 2.45) is 4.99 Å². The Balaban J connectivity index is 1.52. The Morgan fingerprint density at radius 2 is 1.88 bits per heavy atom. The van der Waals surface area contributed by atoms with E-state index in [1.807, 2.05) is 0 Å². The fraction of sp³-hybridized carbons (Fsp3) is 0.417. The van der Waals surface area contributed by atoms with Gasteiger partial charge >= 0.3 is 0 Å². The van der Waals surface area contributed by atoms with E-state index in [1.54, 1.807) is 54.6 Å². The second kappa shape index (κ2) is 10.5. The van der Waals surface area contributed by atoms with Gasteiger partial charge in [-0.25, -0.2) is 18.8 Å². The summed E-state index contributed by atoms with van der Waals surface area (Å²) in [6.45, 7) is 0.405. The zero-order chi connectivity index (χ0) is 24.0. The van der Waals surface area contributed by atoms with Gasteiger partial charge in [0.25, 0.3) is 5.91 Å². The summed E-state index contributed by atoms with van der Waals surface area (Å²) in [7, 11) is -3.60. The van der Waals surface area contributed by atoms with Crippen LogP contribution in [0.3, 0.4) is 0 Å². The van der Waals surface area contributed by atoms with Crippen LogP contribution in [0, 0.1) is 0 Å². The second-order valence-corrected chi connectivity index (χ2v) is 10.6. The van der Waals surface area contributed by atoms with Crippen LogP contribution in [0.4, 0.5) is 0 Å². The molecule has 182 valence electrons. The highest BCUT2D eigenvalue weighted by molar-refractivity contribution is 7.91. The van der Waals surface area contributed by atoms with Gasteiger partial charge < -0.3 is 14.6 Å². The van der Waals surface area contributed by atoms with Gasteiger partial charge in [0.05, 0.1) is 17.3 Å². The van der Waals surface area contributed by atoms with Crippen LogP contribution in [0.5, 0.6) is 5.75 Å². The number of carbonyl (C=O) groups is 1. The molecule has 0 aromatic heterocycles. The number of nitrogens with zero attached hydrogens (tertiary/aromatic N) is 1. The SMILES string of the molecule is O=C(NNC1CC1)[C@]1(CCS(=O)(=O)c2ccccc2)COC(c2ccc(OCCCO)cc2)=N1. The van der Waals surface area contributed by atoms with Gasteiger partial charge in [-0.3, -0.25) is 10.2 Å². The van der Waals surface area contributed by atoms with Crippen molar-refractivity contribution in [3.63, 3.8) is 0 Å². The lowest BCUT2D eigenvalue weighted by molar-refractivity contribution is -0.127. The van der Waals surface area contributed by atoms with E-state index >= 15 is 0 Å². The van der Waals surface area contributed by atoms with E-state index in [0.29, 0.717) is 24.3 Å². The minimum atomic E-state index is -3.60. The van der Waals surface area contributed by atoms with Crippen molar-refractivity contribution in [2.75, 3.05) is 25.6 Å². The maximum absolute atomic E-state index is 13.1. The molecule has 0 bridgehead atoms. The maximum Gasteiger partial charge on any atom is 0.265 e. The maximum atomic E-state index is 13.1. The molecule has 1 amide bonds. The number of amides is 1. The quantitative estimate of drug-likeness (QED) is 0.307. The predicted molar refractivity (Wildman–Crippen MR) is 126 cm³/mol. The van der Waals surface area contributed by atoms with Crippen LogP contribution in [0.2, 0.25) is 0 Å². The lowest BCUT2D eigenvalue weighted by Crippen LogP contribution is -2.52. The molecule has 4 rings (SSSR count). The summed E-state index contributed by atoms with van der Waals surface area (Å²) < 4.78 is 37.1. The first kappa shape index (κ1) is 24.2. The number of nitrogens with one attached hydrogen (secondary N) is 2. The van der Waals surface area contributed by atoms with E-state index in [4.69, 9.17) is 14.6 Å². The number of aliphatic hydroxyl groups is 1. The molecular weight excluding hydrogens is 458 g/mol. The van der Waals surface area contributed by atoms with Gasteiger partial charge in [-0.1, -0.05) is 18.2 Å². The van der Waals surface area contributed by atoms with Crippen LogP contribution in [0.15, 0.2) is 64.5 Å². The van der Waals surface area contributed by atoms with Crippen LogP contribution in [0.25, 0.3) is 0 Å². The van der Waals surface area contributed by atoms with E-state index in [2.05, 4.69) is 15.8 Å². The average molecular weight is 488 g/mol.